The summed E-state index contributed by atoms with van der Waals surface area (Å²) in [6, 6.07) is 0. The summed E-state index contributed by atoms with van der Waals surface area (Å²) < 4.78 is 0. The molecule has 0 radical (unpaired) electrons. The fourth-order valence-electron chi connectivity index (χ4n) is 2.92. The van der Waals surface area contributed by atoms with Crippen LogP contribution < -0.4 is 10.2 Å². The van der Waals surface area contributed by atoms with Crippen molar-refractivity contribution in [3.05, 3.63) is 11.9 Å². The van der Waals surface area contributed by atoms with E-state index in [0.717, 1.165) is 23.7 Å². The lowest BCUT2D eigenvalue weighted by molar-refractivity contribution is -0.136. The molecular weight excluding hydrogens is 266 g/mol. The Morgan fingerprint density at radius 1 is 1.29 bits per heavy atom. The molecule has 116 valence electrons. The van der Waals surface area contributed by atoms with Crippen molar-refractivity contribution < 1.29 is 4.79 Å². The van der Waals surface area contributed by atoms with Crippen LogP contribution in [0.5, 0.6) is 0 Å². The molecule has 1 aliphatic heterocycles. The van der Waals surface area contributed by atoms with Gasteiger partial charge in [-0.25, -0.2) is 9.97 Å². The first kappa shape index (κ1) is 15.5. The van der Waals surface area contributed by atoms with Gasteiger partial charge in [0.25, 0.3) is 0 Å². The van der Waals surface area contributed by atoms with Crippen LogP contribution in [0, 0.1) is 0 Å². The molecule has 1 saturated heterocycles. The van der Waals surface area contributed by atoms with Gasteiger partial charge in [-0.1, -0.05) is 13.8 Å². The Morgan fingerprint density at radius 3 is 2.52 bits per heavy atom. The van der Waals surface area contributed by atoms with Crippen molar-refractivity contribution in [2.45, 2.75) is 39.2 Å². The molecule has 6 nitrogen and oxygen atoms in total. The van der Waals surface area contributed by atoms with Gasteiger partial charge < -0.3 is 15.1 Å². The second-order valence-corrected chi connectivity index (χ2v) is 6.30. The highest BCUT2D eigenvalue weighted by molar-refractivity contribution is 5.90. The van der Waals surface area contributed by atoms with E-state index in [9.17, 15) is 4.79 Å². The van der Waals surface area contributed by atoms with Gasteiger partial charge in [-0.2, -0.15) is 0 Å². The molecule has 0 spiro atoms. The van der Waals surface area contributed by atoms with Crippen LogP contribution in [0.15, 0.2) is 6.33 Å². The fourth-order valence-corrected chi connectivity index (χ4v) is 2.92. The van der Waals surface area contributed by atoms with Crippen molar-refractivity contribution in [2.24, 2.45) is 0 Å². The summed E-state index contributed by atoms with van der Waals surface area (Å²) >= 11 is 0. The average Bonchev–Trinajstić information content (AvgIpc) is 2.44. The van der Waals surface area contributed by atoms with E-state index in [1.165, 1.54) is 0 Å². The molecule has 0 bridgehead atoms. The molecule has 0 saturated carbocycles. The zero-order chi connectivity index (χ0) is 15.8. The van der Waals surface area contributed by atoms with E-state index in [0.29, 0.717) is 6.54 Å². The second-order valence-electron chi connectivity index (χ2n) is 6.30. The third-order valence-corrected chi connectivity index (χ3v) is 4.14. The van der Waals surface area contributed by atoms with Gasteiger partial charge >= 0.3 is 0 Å². The highest BCUT2D eigenvalue weighted by Gasteiger charge is 2.42. The third kappa shape index (κ3) is 2.54. The normalized spacial score (nSPS) is 18.3. The number of amides is 1. The molecule has 0 aromatic carbocycles. The quantitative estimate of drug-likeness (QED) is 0.918. The molecule has 0 atom stereocenters. The highest BCUT2D eigenvalue weighted by atomic mass is 16.2. The van der Waals surface area contributed by atoms with E-state index in [4.69, 9.17) is 0 Å². The molecule has 2 rings (SSSR count). The van der Waals surface area contributed by atoms with Crippen LogP contribution >= 0.6 is 0 Å². The van der Waals surface area contributed by atoms with Crippen LogP contribution in [0.25, 0.3) is 0 Å². The molecule has 1 aromatic rings. The van der Waals surface area contributed by atoms with Crippen LogP contribution in [-0.2, 0) is 4.79 Å². The summed E-state index contributed by atoms with van der Waals surface area (Å²) in [4.78, 5) is 25.2. The molecule has 1 aliphatic rings. The SMILES string of the molecule is CNc1ncnc(N2CCN(C)C(=O)C2(C)C)c1C(C)C. The van der Waals surface area contributed by atoms with E-state index < -0.39 is 5.54 Å². The molecule has 1 amide bonds. The topological polar surface area (TPSA) is 61.4 Å². The lowest BCUT2D eigenvalue weighted by Crippen LogP contribution is -2.62. The van der Waals surface area contributed by atoms with Crippen LogP contribution in [0.3, 0.4) is 0 Å². The van der Waals surface area contributed by atoms with E-state index in [1.54, 1.807) is 11.2 Å². The number of nitrogens with zero attached hydrogens (tertiary/aromatic N) is 4. The fraction of sp³-hybridized carbons (Fsp3) is 0.667. The van der Waals surface area contributed by atoms with Crippen molar-refractivity contribution in [1.82, 2.24) is 14.9 Å². The van der Waals surface area contributed by atoms with Gasteiger partial charge in [-0.15, -0.1) is 0 Å². The molecule has 1 aromatic heterocycles. The van der Waals surface area contributed by atoms with Crippen LogP contribution in [0.1, 0.15) is 39.2 Å². The Kier molecular flexibility index (Phi) is 4.07. The van der Waals surface area contributed by atoms with Crippen molar-refractivity contribution in [1.29, 1.82) is 0 Å². The zero-order valence-corrected chi connectivity index (χ0v) is 13.8. The Morgan fingerprint density at radius 2 is 1.95 bits per heavy atom. The van der Waals surface area contributed by atoms with Gasteiger partial charge in [0.2, 0.25) is 5.91 Å². The molecule has 21 heavy (non-hydrogen) atoms. The van der Waals surface area contributed by atoms with Crippen molar-refractivity contribution in [3.63, 3.8) is 0 Å². The Balaban J connectivity index is 2.54. The lowest BCUT2D eigenvalue weighted by Gasteiger charge is -2.46. The minimum atomic E-state index is -0.601. The Bertz CT molecular complexity index is 541. The van der Waals surface area contributed by atoms with Gasteiger partial charge in [0, 0.05) is 32.7 Å². The molecule has 1 N–H and O–H groups in total. The number of hydrogen-bond acceptors (Lipinski definition) is 5. The van der Waals surface area contributed by atoms with E-state index in [-0.39, 0.29) is 11.8 Å². The number of carbonyl (C=O) groups excluding carboxylic acids is 1. The maximum absolute atomic E-state index is 12.5. The minimum Gasteiger partial charge on any atom is -0.373 e. The second kappa shape index (κ2) is 5.50. The summed E-state index contributed by atoms with van der Waals surface area (Å²) in [5.74, 6) is 2.08. The first-order valence-electron chi connectivity index (χ1n) is 7.36. The van der Waals surface area contributed by atoms with Crippen molar-refractivity contribution >= 4 is 17.5 Å². The first-order valence-corrected chi connectivity index (χ1v) is 7.36. The first-order chi connectivity index (χ1) is 9.80. The average molecular weight is 291 g/mol. The maximum Gasteiger partial charge on any atom is 0.247 e. The van der Waals surface area contributed by atoms with Crippen molar-refractivity contribution in [3.8, 4) is 0 Å². The number of aromatic nitrogens is 2. The van der Waals surface area contributed by atoms with Crippen LogP contribution in [0.4, 0.5) is 11.6 Å². The standard InChI is InChI=1S/C15H25N5O/c1-10(2)11-12(16-5)17-9-18-13(11)20-8-7-19(6)14(21)15(20,3)4/h9-10H,7-8H2,1-6H3,(H,16,17,18). The van der Waals surface area contributed by atoms with Gasteiger partial charge in [-0.3, -0.25) is 4.79 Å². The number of likely N-dealkylation sites (N-methyl/N-ethyl adjacent to an activating group) is 1. The highest BCUT2D eigenvalue weighted by Crippen LogP contribution is 2.35. The monoisotopic (exact) mass is 291 g/mol. The largest absolute Gasteiger partial charge is 0.373 e. The van der Waals surface area contributed by atoms with Gasteiger partial charge in [-0.05, 0) is 19.8 Å². The number of hydrogen-bond donors (Lipinski definition) is 1. The predicted molar refractivity (Wildman–Crippen MR) is 84.7 cm³/mol. The van der Waals surface area contributed by atoms with Crippen molar-refractivity contribution in [2.75, 3.05) is 37.4 Å². The summed E-state index contributed by atoms with van der Waals surface area (Å²) in [5, 5.41) is 3.13. The smallest absolute Gasteiger partial charge is 0.247 e. The lowest BCUT2D eigenvalue weighted by atomic mass is 9.95. The molecule has 1 fully saturated rings. The minimum absolute atomic E-state index is 0.119. The van der Waals surface area contributed by atoms with Gasteiger partial charge in [0.1, 0.15) is 23.5 Å². The van der Waals surface area contributed by atoms with Gasteiger partial charge in [0.15, 0.2) is 0 Å². The number of carbonyl (C=O) groups is 1. The molecular formula is C15H25N5O. The number of piperazine rings is 1. The summed E-state index contributed by atoms with van der Waals surface area (Å²) in [7, 11) is 3.71. The molecule has 2 heterocycles. The predicted octanol–water partition coefficient (Wildman–Crippen LogP) is 1.70. The van der Waals surface area contributed by atoms with Gasteiger partial charge in [0.05, 0.1) is 0 Å². The summed E-state index contributed by atoms with van der Waals surface area (Å²) in [5.41, 5.74) is 0.459. The maximum atomic E-state index is 12.5. The zero-order valence-electron chi connectivity index (χ0n) is 13.8. The Labute approximate surface area is 126 Å². The van der Waals surface area contributed by atoms with Crippen LogP contribution in [0.2, 0.25) is 0 Å². The van der Waals surface area contributed by atoms with Crippen LogP contribution in [-0.4, -0.2) is 53.5 Å². The number of rotatable bonds is 3. The van der Waals surface area contributed by atoms with E-state index >= 15 is 0 Å². The number of nitrogens with one attached hydrogen (secondary N) is 1. The number of anilines is 2. The Hall–Kier alpha value is -1.85. The molecule has 0 unspecified atom stereocenters. The third-order valence-electron chi connectivity index (χ3n) is 4.14. The summed E-state index contributed by atoms with van der Waals surface area (Å²) in [6.45, 7) is 9.63. The van der Waals surface area contributed by atoms with E-state index in [2.05, 4.69) is 34.0 Å². The summed E-state index contributed by atoms with van der Waals surface area (Å²) in [6.07, 6.45) is 1.56. The molecule has 0 aliphatic carbocycles. The van der Waals surface area contributed by atoms with E-state index in [1.807, 2.05) is 27.9 Å². The molecule has 6 heteroatoms.